The molecule has 1 fully saturated rings. The highest BCUT2D eigenvalue weighted by Crippen LogP contribution is 2.27. The molecular formula is C15H16BrN3S. The second-order valence-corrected chi connectivity index (χ2v) is 6.62. The monoisotopic (exact) mass is 349 g/mol. The molecule has 0 bridgehead atoms. The Bertz CT molecular complexity index is 585. The number of nitrogens with zero attached hydrogens (tertiary/aromatic N) is 3. The molecule has 5 heteroatoms. The van der Waals surface area contributed by atoms with Crippen molar-refractivity contribution < 1.29 is 0 Å². The van der Waals surface area contributed by atoms with Crippen LogP contribution in [0.5, 0.6) is 0 Å². The minimum Gasteiger partial charge on any atom is -0.363 e. The van der Waals surface area contributed by atoms with Crippen molar-refractivity contribution >= 4 is 38.7 Å². The SMILES string of the molecule is Brc1ccc(-c2csc(N=CN3CCCCC3)n2)cc1. The number of aromatic nitrogens is 1. The van der Waals surface area contributed by atoms with Gasteiger partial charge in [-0.1, -0.05) is 28.1 Å². The van der Waals surface area contributed by atoms with Crippen LogP contribution in [0.2, 0.25) is 0 Å². The molecule has 3 nitrogen and oxygen atoms in total. The van der Waals surface area contributed by atoms with Crippen molar-refractivity contribution in [1.29, 1.82) is 0 Å². The maximum atomic E-state index is 4.57. The number of rotatable bonds is 3. The highest BCUT2D eigenvalue weighted by molar-refractivity contribution is 9.10. The third-order valence-corrected chi connectivity index (χ3v) is 4.63. The lowest BCUT2D eigenvalue weighted by Crippen LogP contribution is -2.27. The molecule has 20 heavy (non-hydrogen) atoms. The van der Waals surface area contributed by atoms with E-state index in [1.54, 1.807) is 11.3 Å². The second kappa shape index (κ2) is 6.50. The zero-order valence-corrected chi connectivity index (χ0v) is 13.5. The lowest BCUT2D eigenvalue weighted by Gasteiger charge is -2.23. The van der Waals surface area contributed by atoms with Gasteiger partial charge in [0, 0.05) is 28.5 Å². The predicted molar refractivity (Wildman–Crippen MR) is 88.8 cm³/mol. The van der Waals surface area contributed by atoms with E-state index in [1.807, 2.05) is 18.5 Å². The third-order valence-electron chi connectivity index (χ3n) is 3.35. The van der Waals surface area contributed by atoms with Gasteiger partial charge in [0.1, 0.15) is 0 Å². The first-order chi connectivity index (χ1) is 9.81. The number of benzene rings is 1. The van der Waals surface area contributed by atoms with Gasteiger partial charge in [-0.15, -0.1) is 11.3 Å². The van der Waals surface area contributed by atoms with Gasteiger partial charge in [0.05, 0.1) is 12.0 Å². The van der Waals surface area contributed by atoms with Gasteiger partial charge >= 0.3 is 0 Å². The van der Waals surface area contributed by atoms with Crippen molar-refractivity contribution in [3.63, 3.8) is 0 Å². The highest BCUT2D eigenvalue weighted by Gasteiger charge is 2.07. The fourth-order valence-electron chi connectivity index (χ4n) is 2.24. The standard InChI is InChI=1S/C15H16BrN3S/c16-13-6-4-12(5-7-13)14-10-20-15(18-14)17-11-19-8-2-1-3-9-19/h4-7,10-11H,1-3,8-9H2. The van der Waals surface area contributed by atoms with E-state index in [-0.39, 0.29) is 0 Å². The first-order valence-electron chi connectivity index (χ1n) is 6.81. The summed E-state index contributed by atoms with van der Waals surface area (Å²) in [5, 5.41) is 2.89. The summed E-state index contributed by atoms with van der Waals surface area (Å²) in [5.41, 5.74) is 2.12. The van der Waals surface area contributed by atoms with Crippen molar-refractivity contribution in [2.45, 2.75) is 19.3 Å². The molecule has 0 N–H and O–H groups in total. The van der Waals surface area contributed by atoms with Crippen LogP contribution in [0, 0.1) is 0 Å². The Balaban J connectivity index is 1.70. The third kappa shape index (κ3) is 3.46. The Hall–Kier alpha value is -1.20. The summed E-state index contributed by atoms with van der Waals surface area (Å²) in [6, 6.07) is 8.20. The van der Waals surface area contributed by atoms with Gasteiger partial charge in [0.2, 0.25) is 5.13 Å². The molecule has 0 spiro atoms. The molecule has 0 amide bonds. The minimum atomic E-state index is 0.827. The number of hydrogen-bond donors (Lipinski definition) is 0. The molecule has 1 saturated heterocycles. The van der Waals surface area contributed by atoms with E-state index < -0.39 is 0 Å². The predicted octanol–water partition coefficient (Wildman–Crippen LogP) is 4.72. The molecule has 104 valence electrons. The molecular weight excluding hydrogens is 334 g/mol. The van der Waals surface area contributed by atoms with Crippen LogP contribution in [-0.4, -0.2) is 29.3 Å². The summed E-state index contributed by atoms with van der Waals surface area (Å²) in [6.45, 7) is 2.24. The van der Waals surface area contributed by atoms with Crippen LogP contribution in [0.1, 0.15) is 19.3 Å². The van der Waals surface area contributed by atoms with Crippen molar-refractivity contribution in [1.82, 2.24) is 9.88 Å². The topological polar surface area (TPSA) is 28.5 Å². The van der Waals surface area contributed by atoms with Gasteiger partial charge in [-0.05, 0) is 31.4 Å². The van der Waals surface area contributed by atoms with Gasteiger partial charge in [0.25, 0.3) is 0 Å². The van der Waals surface area contributed by atoms with Crippen LogP contribution in [0.15, 0.2) is 39.1 Å². The summed E-state index contributed by atoms with van der Waals surface area (Å²) in [7, 11) is 0. The first-order valence-corrected chi connectivity index (χ1v) is 8.48. The van der Waals surface area contributed by atoms with Gasteiger partial charge in [0.15, 0.2) is 0 Å². The fourth-order valence-corrected chi connectivity index (χ4v) is 3.17. The highest BCUT2D eigenvalue weighted by atomic mass is 79.9. The fraction of sp³-hybridized carbons (Fsp3) is 0.333. The van der Waals surface area contributed by atoms with Crippen molar-refractivity contribution in [2.75, 3.05) is 13.1 Å². The lowest BCUT2D eigenvalue weighted by atomic mass is 10.1. The molecule has 0 radical (unpaired) electrons. The molecule has 0 aliphatic carbocycles. The van der Waals surface area contributed by atoms with Crippen LogP contribution in [0.3, 0.4) is 0 Å². The van der Waals surface area contributed by atoms with Crippen LogP contribution in [-0.2, 0) is 0 Å². The molecule has 2 heterocycles. The zero-order valence-electron chi connectivity index (χ0n) is 11.1. The summed E-state index contributed by atoms with van der Waals surface area (Å²) in [6.07, 6.45) is 5.83. The Labute approximate surface area is 131 Å². The molecule has 1 aliphatic heterocycles. The zero-order chi connectivity index (χ0) is 13.8. The van der Waals surface area contributed by atoms with Crippen LogP contribution in [0.25, 0.3) is 11.3 Å². The van der Waals surface area contributed by atoms with E-state index in [0.717, 1.165) is 34.0 Å². The number of aliphatic imine (C=N–C) groups is 1. The quantitative estimate of drug-likeness (QED) is 0.592. The van der Waals surface area contributed by atoms with E-state index in [0.29, 0.717) is 0 Å². The second-order valence-electron chi connectivity index (χ2n) is 4.86. The van der Waals surface area contributed by atoms with E-state index in [2.05, 4.69) is 48.3 Å². The molecule has 3 rings (SSSR count). The molecule has 0 saturated carbocycles. The van der Waals surface area contributed by atoms with Gasteiger partial charge in [-0.3, -0.25) is 0 Å². The van der Waals surface area contributed by atoms with Crippen molar-refractivity contribution in [3.8, 4) is 11.3 Å². The maximum Gasteiger partial charge on any atom is 0.211 e. The Morgan fingerprint density at radius 1 is 1.15 bits per heavy atom. The summed E-state index contributed by atoms with van der Waals surface area (Å²) >= 11 is 5.04. The van der Waals surface area contributed by atoms with E-state index >= 15 is 0 Å². The first kappa shape index (κ1) is 13.8. The largest absolute Gasteiger partial charge is 0.363 e. The normalized spacial score (nSPS) is 15.9. The number of thiazole rings is 1. The average molecular weight is 350 g/mol. The number of hydrogen-bond acceptors (Lipinski definition) is 3. The molecule has 1 aliphatic rings. The summed E-state index contributed by atoms with van der Waals surface area (Å²) < 4.78 is 1.08. The van der Waals surface area contributed by atoms with E-state index in [9.17, 15) is 0 Å². The molecule has 0 atom stereocenters. The lowest BCUT2D eigenvalue weighted by molar-refractivity contribution is 0.351. The molecule has 1 aromatic carbocycles. The average Bonchev–Trinajstić information content (AvgIpc) is 2.96. The van der Waals surface area contributed by atoms with Crippen LogP contribution < -0.4 is 0 Å². The van der Waals surface area contributed by atoms with Crippen molar-refractivity contribution in [3.05, 3.63) is 34.1 Å². The van der Waals surface area contributed by atoms with Gasteiger partial charge in [-0.2, -0.15) is 0 Å². The van der Waals surface area contributed by atoms with E-state index in [1.165, 1.54) is 19.3 Å². The summed E-state index contributed by atoms with van der Waals surface area (Å²) in [4.78, 5) is 11.3. The Kier molecular flexibility index (Phi) is 4.47. The van der Waals surface area contributed by atoms with Gasteiger partial charge < -0.3 is 4.90 Å². The number of likely N-dealkylation sites (tertiary alicyclic amines) is 1. The number of piperidine rings is 1. The smallest absolute Gasteiger partial charge is 0.211 e. The minimum absolute atomic E-state index is 0.827. The number of halogens is 1. The summed E-state index contributed by atoms with van der Waals surface area (Å²) in [5.74, 6) is 0. The maximum absolute atomic E-state index is 4.57. The van der Waals surface area contributed by atoms with Crippen molar-refractivity contribution in [2.24, 2.45) is 4.99 Å². The Morgan fingerprint density at radius 2 is 1.90 bits per heavy atom. The van der Waals surface area contributed by atoms with E-state index in [4.69, 9.17) is 0 Å². The molecule has 2 aromatic rings. The van der Waals surface area contributed by atoms with Crippen LogP contribution in [0.4, 0.5) is 5.13 Å². The molecule has 1 aromatic heterocycles. The Morgan fingerprint density at radius 3 is 2.65 bits per heavy atom. The molecule has 0 unspecified atom stereocenters. The van der Waals surface area contributed by atoms with Gasteiger partial charge in [-0.25, -0.2) is 9.98 Å². The van der Waals surface area contributed by atoms with Crippen LogP contribution >= 0.6 is 27.3 Å².